The number of nitrogens with one attached hydrogen (secondary N) is 1. The number of likely N-dealkylation sites (tertiary alicyclic amines) is 1. The zero-order chi connectivity index (χ0) is 17.6. The van der Waals surface area contributed by atoms with Gasteiger partial charge in [0.1, 0.15) is 6.04 Å². The van der Waals surface area contributed by atoms with Gasteiger partial charge >= 0.3 is 0 Å². The quantitative estimate of drug-likeness (QED) is 0.673. The number of fused-ring (bicyclic) bond motifs is 1. The fraction of sp³-hybridized carbons (Fsp3) is 0.529. The molecule has 7 nitrogen and oxygen atoms in total. The largest absolute Gasteiger partial charge is 0.341 e. The summed E-state index contributed by atoms with van der Waals surface area (Å²) in [6.07, 6.45) is 0. The van der Waals surface area contributed by atoms with Crippen LogP contribution in [0, 0.1) is 27.4 Å². The highest BCUT2D eigenvalue weighted by molar-refractivity contribution is 5.97. The zero-order valence-electron chi connectivity index (χ0n) is 14.0. The van der Waals surface area contributed by atoms with Crippen LogP contribution in [0.3, 0.4) is 0 Å². The number of nitro benzene ring substituents is 1. The normalized spacial score (nSPS) is 24.9. The molecule has 1 saturated heterocycles. The maximum atomic E-state index is 12.5. The number of benzene rings is 1. The summed E-state index contributed by atoms with van der Waals surface area (Å²) in [7, 11) is 0. The second-order valence-corrected chi connectivity index (χ2v) is 7.28. The summed E-state index contributed by atoms with van der Waals surface area (Å²) in [5, 5.41) is 13.4. The van der Waals surface area contributed by atoms with Crippen LogP contribution < -0.4 is 5.32 Å². The van der Waals surface area contributed by atoms with E-state index in [4.69, 9.17) is 0 Å². The highest BCUT2D eigenvalue weighted by Gasteiger charge is 2.62. The van der Waals surface area contributed by atoms with Crippen LogP contribution in [0.15, 0.2) is 24.3 Å². The maximum Gasteiger partial charge on any atom is 0.270 e. The summed E-state index contributed by atoms with van der Waals surface area (Å²) < 4.78 is 0. The second kappa shape index (κ2) is 5.58. The molecule has 0 aromatic heterocycles. The molecule has 1 aromatic carbocycles. The summed E-state index contributed by atoms with van der Waals surface area (Å²) in [4.78, 5) is 36.7. The molecule has 0 unspecified atom stereocenters. The summed E-state index contributed by atoms with van der Waals surface area (Å²) in [5.41, 5.74) is 0.351. The topological polar surface area (TPSA) is 92.5 Å². The number of amides is 2. The molecule has 1 heterocycles. The molecule has 1 N–H and O–H groups in total. The third-order valence-corrected chi connectivity index (χ3v) is 5.47. The van der Waals surface area contributed by atoms with Gasteiger partial charge in [0.05, 0.1) is 4.92 Å². The van der Waals surface area contributed by atoms with Gasteiger partial charge in [-0.2, -0.15) is 0 Å². The third-order valence-electron chi connectivity index (χ3n) is 5.47. The standard InChI is InChI=1S/C17H21N3O4/c1-10(16(22)19-8-13-14(9-19)17(13,2)3)18-15(21)11-5-4-6-12(7-11)20(23)24/h4-7,10,13-14H,8-9H2,1-3H3,(H,18,21)/t10-,13-,14+/m0/s1. The van der Waals surface area contributed by atoms with Crippen molar-refractivity contribution in [3.05, 3.63) is 39.9 Å². The molecule has 0 radical (unpaired) electrons. The second-order valence-electron chi connectivity index (χ2n) is 7.28. The first-order valence-electron chi connectivity index (χ1n) is 8.06. The van der Waals surface area contributed by atoms with Crippen LogP contribution in [-0.2, 0) is 4.79 Å². The van der Waals surface area contributed by atoms with Crippen molar-refractivity contribution in [1.29, 1.82) is 0 Å². The van der Waals surface area contributed by atoms with Crippen LogP contribution in [0.25, 0.3) is 0 Å². The Bertz CT molecular complexity index is 702. The van der Waals surface area contributed by atoms with Crippen molar-refractivity contribution in [2.24, 2.45) is 17.3 Å². The molecule has 0 bridgehead atoms. The first-order chi connectivity index (χ1) is 11.2. The number of nitro groups is 1. The smallest absolute Gasteiger partial charge is 0.270 e. The predicted octanol–water partition coefficient (Wildman–Crippen LogP) is 1.83. The predicted molar refractivity (Wildman–Crippen MR) is 87.4 cm³/mol. The zero-order valence-corrected chi connectivity index (χ0v) is 14.0. The van der Waals surface area contributed by atoms with Crippen LogP contribution >= 0.6 is 0 Å². The lowest BCUT2D eigenvalue weighted by molar-refractivity contribution is -0.384. The average Bonchev–Trinajstić information content (AvgIpc) is 2.92. The Morgan fingerprint density at radius 2 is 1.96 bits per heavy atom. The molecule has 1 aliphatic carbocycles. The molecule has 3 atom stereocenters. The SMILES string of the molecule is C[C@H](NC(=O)c1cccc([N+](=O)[O-])c1)C(=O)N1C[C@@H]2[C@H](C1)C2(C)C. The lowest BCUT2D eigenvalue weighted by atomic mass is 10.1. The van der Waals surface area contributed by atoms with E-state index in [2.05, 4.69) is 19.2 Å². The Hall–Kier alpha value is -2.44. The van der Waals surface area contributed by atoms with Gasteiger partial charge in [-0.25, -0.2) is 0 Å². The minimum atomic E-state index is -0.655. The van der Waals surface area contributed by atoms with E-state index >= 15 is 0 Å². The Labute approximate surface area is 140 Å². The fourth-order valence-corrected chi connectivity index (χ4v) is 3.69. The first-order valence-corrected chi connectivity index (χ1v) is 8.06. The van der Waals surface area contributed by atoms with Crippen LogP contribution in [0.4, 0.5) is 5.69 Å². The van der Waals surface area contributed by atoms with E-state index in [-0.39, 0.29) is 17.2 Å². The molecule has 1 saturated carbocycles. The van der Waals surface area contributed by atoms with Gasteiger partial charge in [-0.3, -0.25) is 19.7 Å². The molecule has 24 heavy (non-hydrogen) atoms. The van der Waals surface area contributed by atoms with Crippen LogP contribution in [0.5, 0.6) is 0 Å². The Kier molecular flexibility index (Phi) is 3.81. The number of piperidine rings is 1. The van der Waals surface area contributed by atoms with Gasteiger partial charge in [0, 0.05) is 30.8 Å². The molecule has 7 heteroatoms. The number of non-ortho nitro benzene ring substituents is 1. The van der Waals surface area contributed by atoms with Crippen molar-refractivity contribution >= 4 is 17.5 Å². The third kappa shape index (κ3) is 2.74. The van der Waals surface area contributed by atoms with Gasteiger partial charge in [-0.15, -0.1) is 0 Å². The lowest BCUT2D eigenvalue weighted by Crippen LogP contribution is -2.47. The maximum absolute atomic E-state index is 12.5. The highest BCUT2D eigenvalue weighted by atomic mass is 16.6. The molecule has 2 amide bonds. The fourth-order valence-electron chi connectivity index (χ4n) is 3.69. The molecule has 2 fully saturated rings. The molecule has 1 aliphatic heterocycles. The molecular formula is C17H21N3O4. The molecule has 128 valence electrons. The molecule has 0 spiro atoms. The van der Waals surface area contributed by atoms with Gasteiger partial charge in [-0.1, -0.05) is 19.9 Å². The van der Waals surface area contributed by atoms with Crippen molar-refractivity contribution < 1.29 is 14.5 Å². The molecule has 3 rings (SSSR count). The molecule has 2 aliphatic rings. The van der Waals surface area contributed by atoms with E-state index in [9.17, 15) is 19.7 Å². The van der Waals surface area contributed by atoms with E-state index in [1.54, 1.807) is 11.8 Å². The van der Waals surface area contributed by atoms with E-state index < -0.39 is 16.9 Å². The minimum Gasteiger partial charge on any atom is -0.341 e. The molecule has 1 aromatic rings. The average molecular weight is 331 g/mol. The number of carbonyl (C=O) groups is 2. The number of nitrogens with zero attached hydrogens (tertiary/aromatic N) is 2. The van der Waals surface area contributed by atoms with E-state index in [1.165, 1.54) is 24.3 Å². The Balaban J connectivity index is 1.59. The summed E-state index contributed by atoms with van der Waals surface area (Å²) in [6.45, 7) is 7.57. The number of hydrogen-bond donors (Lipinski definition) is 1. The number of carbonyl (C=O) groups excluding carboxylic acids is 2. The van der Waals surface area contributed by atoms with Crippen molar-refractivity contribution in [2.45, 2.75) is 26.8 Å². The van der Waals surface area contributed by atoms with Crippen molar-refractivity contribution in [2.75, 3.05) is 13.1 Å². The Morgan fingerprint density at radius 3 is 2.54 bits per heavy atom. The highest BCUT2D eigenvalue weighted by Crippen LogP contribution is 2.61. The van der Waals surface area contributed by atoms with Crippen LogP contribution in [0.1, 0.15) is 31.1 Å². The van der Waals surface area contributed by atoms with Gasteiger partial charge in [0.15, 0.2) is 0 Å². The minimum absolute atomic E-state index is 0.100. The van der Waals surface area contributed by atoms with E-state index in [1.807, 2.05) is 0 Å². The van der Waals surface area contributed by atoms with Crippen LogP contribution in [-0.4, -0.2) is 40.8 Å². The monoisotopic (exact) mass is 331 g/mol. The van der Waals surface area contributed by atoms with Crippen molar-refractivity contribution in [3.63, 3.8) is 0 Å². The van der Waals surface area contributed by atoms with Crippen molar-refractivity contribution in [3.8, 4) is 0 Å². The number of hydrogen-bond acceptors (Lipinski definition) is 4. The summed E-state index contributed by atoms with van der Waals surface area (Å²) in [5.74, 6) is 0.531. The number of rotatable bonds is 4. The van der Waals surface area contributed by atoms with Gasteiger partial charge in [-0.05, 0) is 30.2 Å². The van der Waals surface area contributed by atoms with Gasteiger partial charge in [0.2, 0.25) is 5.91 Å². The van der Waals surface area contributed by atoms with Crippen molar-refractivity contribution in [1.82, 2.24) is 10.2 Å². The van der Waals surface area contributed by atoms with Gasteiger partial charge in [0.25, 0.3) is 11.6 Å². The van der Waals surface area contributed by atoms with E-state index in [0.29, 0.717) is 17.3 Å². The summed E-state index contributed by atoms with van der Waals surface area (Å²) in [6, 6.07) is 4.82. The first kappa shape index (κ1) is 16.4. The lowest BCUT2D eigenvalue weighted by Gasteiger charge is -2.25. The summed E-state index contributed by atoms with van der Waals surface area (Å²) >= 11 is 0. The Morgan fingerprint density at radius 1 is 1.33 bits per heavy atom. The van der Waals surface area contributed by atoms with E-state index in [0.717, 1.165) is 13.1 Å². The molecular weight excluding hydrogens is 310 g/mol. The van der Waals surface area contributed by atoms with Gasteiger partial charge < -0.3 is 10.2 Å². The van der Waals surface area contributed by atoms with Crippen LogP contribution in [0.2, 0.25) is 0 Å².